The Kier molecular flexibility index (Phi) is 4.62. The molecule has 7 nitrogen and oxygen atoms in total. The summed E-state index contributed by atoms with van der Waals surface area (Å²) in [5, 5.41) is 16.0. The highest BCUT2D eigenvalue weighted by molar-refractivity contribution is 7.90. The highest BCUT2D eigenvalue weighted by atomic mass is 32.2. The second-order valence-corrected chi connectivity index (χ2v) is 6.92. The first-order valence-electron chi connectivity index (χ1n) is 6.60. The number of nitrogens with one attached hydrogen (secondary N) is 1. The molecule has 0 saturated carbocycles. The van der Waals surface area contributed by atoms with Gasteiger partial charge in [-0.25, -0.2) is 8.42 Å². The Morgan fingerprint density at radius 1 is 1.32 bits per heavy atom. The van der Waals surface area contributed by atoms with Crippen molar-refractivity contribution in [2.75, 3.05) is 18.1 Å². The maximum atomic E-state index is 12.5. The number of rotatable bonds is 5. The van der Waals surface area contributed by atoms with Gasteiger partial charge in [0.15, 0.2) is 9.84 Å². The van der Waals surface area contributed by atoms with Crippen molar-refractivity contribution in [3.05, 3.63) is 46.9 Å². The van der Waals surface area contributed by atoms with E-state index in [4.69, 9.17) is 0 Å². The lowest BCUT2D eigenvalue weighted by atomic mass is 10.3. The third-order valence-corrected chi connectivity index (χ3v) is 4.03. The number of sulfone groups is 1. The number of aliphatic hydroxyl groups is 1. The number of anilines is 1. The fourth-order valence-corrected chi connectivity index (χ4v) is 2.65. The van der Waals surface area contributed by atoms with Crippen LogP contribution >= 0.6 is 0 Å². The summed E-state index contributed by atoms with van der Waals surface area (Å²) >= 11 is 0. The molecule has 0 amide bonds. The molecule has 118 valence electrons. The maximum absolute atomic E-state index is 12.5. The van der Waals surface area contributed by atoms with Crippen molar-refractivity contribution >= 4 is 15.5 Å². The van der Waals surface area contributed by atoms with Crippen molar-refractivity contribution in [2.24, 2.45) is 0 Å². The summed E-state index contributed by atoms with van der Waals surface area (Å²) in [6.45, 7) is 1.58. The number of aromatic nitrogens is 2. The molecule has 0 bridgehead atoms. The van der Waals surface area contributed by atoms with Crippen molar-refractivity contribution in [2.45, 2.75) is 17.9 Å². The lowest BCUT2D eigenvalue weighted by Crippen LogP contribution is -2.29. The normalized spacial score (nSPS) is 12.9. The van der Waals surface area contributed by atoms with Gasteiger partial charge in [-0.05, 0) is 19.1 Å². The molecule has 0 fully saturated rings. The van der Waals surface area contributed by atoms with Crippen molar-refractivity contribution in [1.29, 1.82) is 0 Å². The number of nitrogens with zero attached hydrogens (tertiary/aromatic N) is 2. The van der Waals surface area contributed by atoms with Crippen molar-refractivity contribution in [3.8, 4) is 5.69 Å². The lowest BCUT2D eigenvalue weighted by Gasteiger charge is -2.13. The van der Waals surface area contributed by atoms with E-state index in [0.29, 0.717) is 5.69 Å². The average Bonchev–Trinajstić information content (AvgIpc) is 2.45. The Hall–Kier alpha value is -2.19. The van der Waals surface area contributed by atoms with E-state index < -0.39 is 21.5 Å². The Labute approximate surface area is 128 Å². The molecule has 1 aromatic heterocycles. The molecule has 2 aromatic rings. The van der Waals surface area contributed by atoms with Crippen LogP contribution in [-0.4, -0.2) is 42.2 Å². The molecule has 2 N–H and O–H groups in total. The van der Waals surface area contributed by atoms with Crippen LogP contribution in [0.3, 0.4) is 0 Å². The first-order valence-corrected chi connectivity index (χ1v) is 8.49. The summed E-state index contributed by atoms with van der Waals surface area (Å²) in [7, 11) is -3.62. The Balaban J connectivity index is 2.62. The van der Waals surface area contributed by atoms with Gasteiger partial charge in [-0.2, -0.15) is 9.78 Å². The molecule has 1 heterocycles. The molecular weight excluding hydrogens is 306 g/mol. The average molecular weight is 323 g/mol. The first kappa shape index (κ1) is 16.2. The van der Waals surface area contributed by atoms with Gasteiger partial charge in [-0.3, -0.25) is 4.79 Å². The van der Waals surface area contributed by atoms with E-state index in [2.05, 4.69) is 10.4 Å². The van der Waals surface area contributed by atoms with Crippen LogP contribution in [0, 0.1) is 0 Å². The van der Waals surface area contributed by atoms with E-state index in [-0.39, 0.29) is 17.1 Å². The molecule has 0 saturated heterocycles. The van der Waals surface area contributed by atoms with Crippen LogP contribution in [0.2, 0.25) is 0 Å². The molecule has 8 heteroatoms. The molecule has 0 radical (unpaired) electrons. The van der Waals surface area contributed by atoms with Crippen LogP contribution in [0.25, 0.3) is 5.69 Å². The third kappa shape index (κ3) is 3.52. The highest BCUT2D eigenvalue weighted by Crippen LogP contribution is 2.16. The van der Waals surface area contributed by atoms with E-state index in [1.807, 2.05) is 0 Å². The summed E-state index contributed by atoms with van der Waals surface area (Å²) in [5.41, 5.74) is -0.162. The maximum Gasteiger partial charge on any atom is 0.296 e. The zero-order chi connectivity index (χ0) is 16.3. The predicted molar refractivity (Wildman–Crippen MR) is 83.1 cm³/mol. The van der Waals surface area contributed by atoms with Crippen LogP contribution in [0.1, 0.15) is 6.92 Å². The predicted octanol–water partition coefficient (Wildman–Crippen LogP) is 0.429. The van der Waals surface area contributed by atoms with E-state index in [1.54, 1.807) is 30.3 Å². The van der Waals surface area contributed by atoms with Gasteiger partial charge >= 0.3 is 0 Å². The molecule has 0 aliphatic carbocycles. The van der Waals surface area contributed by atoms with Crippen molar-refractivity contribution in [3.63, 3.8) is 0 Å². The Morgan fingerprint density at radius 3 is 2.50 bits per heavy atom. The topological polar surface area (TPSA) is 101 Å². The minimum atomic E-state index is -3.62. The van der Waals surface area contributed by atoms with Crippen LogP contribution in [-0.2, 0) is 9.84 Å². The lowest BCUT2D eigenvalue weighted by molar-refractivity contribution is 0.208. The van der Waals surface area contributed by atoms with Crippen LogP contribution in [0.15, 0.2) is 46.2 Å². The van der Waals surface area contributed by atoms with Gasteiger partial charge in [0.1, 0.15) is 10.6 Å². The van der Waals surface area contributed by atoms with Gasteiger partial charge < -0.3 is 10.4 Å². The molecule has 1 aromatic carbocycles. The van der Waals surface area contributed by atoms with Crippen molar-refractivity contribution < 1.29 is 13.5 Å². The minimum Gasteiger partial charge on any atom is -0.392 e. The Bertz CT molecular complexity index is 814. The summed E-state index contributed by atoms with van der Waals surface area (Å²) in [5.74, 6) is 0. The second kappa shape index (κ2) is 6.29. The van der Waals surface area contributed by atoms with E-state index in [1.165, 1.54) is 6.92 Å². The monoisotopic (exact) mass is 323 g/mol. The zero-order valence-electron chi connectivity index (χ0n) is 12.2. The van der Waals surface area contributed by atoms with Gasteiger partial charge in [-0.1, -0.05) is 18.2 Å². The quantitative estimate of drug-likeness (QED) is 0.827. The number of benzene rings is 1. The molecule has 0 spiro atoms. The van der Waals surface area contributed by atoms with E-state index in [9.17, 15) is 18.3 Å². The van der Waals surface area contributed by atoms with Gasteiger partial charge in [-0.15, -0.1) is 0 Å². The second-order valence-electron chi connectivity index (χ2n) is 4.94. The molecule has 1 unspecified atom stereocenters. The smallest absolute Gasteiger partial charge is 0.296 e. The molecular formula is C14H17N3O4S. The first-order chi connectivity index (χ1) is 10.3. The molecule has 22 heavy (non-hydrogen) atoms. The fourth-order valence-electron chi connectivity index (χ4n) is 1.89. The van der Waals surface area contributed by atoms with Crippen LogP contribution in [0.5, 0.6) is 0 Å². The van der Waals surface area contributed by atoms with Crippen LogP contribution in [0.4, 0.5) is 5.69 Å². The number of hydrogen-bond acceptors (Lipinski definition) is 6. The van der Waals surface area contributed by atoms with E-state index >= 15 is 0 Å². The SMILES string of the molecule is CC(O)CNc1c(S(C)(=O)=O)cnn(-c2ccccc2)c1=O. The molecule has 1 atom stereocenters. The van der Waals surface area contributed by atoms with Gasteiger partial charge in [0, 0.05) is 12.8 Å². The Morgan fingerprint density at radius 2 is 1.95 bits per heavy atom. The largest absolute Gasteiger partial charge is 0.392 e. The van der Waals surface area contributed by atoms with Gasteiger partial charge in [0.25, 0.3) is 5.56 Å². The molecule has 2 rings (SSSR count). The fraction of sp³-hybridized carbons (Fsp3) is 0.286. The standard InChI is InChI=1S/C14H17N3O4S/c1-10(18)8-15-13-12(22(2,20)21)9-16-17(14(13)19)11-6-4-3-5-7-11/h3-7,9-10,15,18H,8H2,1-2H3. The highest BCUT2D eigenvalue weighted by Gasteiger charge is 2.20. The summed E-state index contributed by atoms with van der Waals surface area (Å²) in [4.78, 5) is 12.4. The summed E-state index contributed by atoms with van der Waals surface area (Å²) in [6, 6.07) is 8.67. The minimum absolute atomic E-state index is 0.0521. The summed E-state index contributed by atoms with van der Waals surface area (Å²) < 4.78 is 24.7. The number of para-hydroxylation sites is 1. The van der Waals surface area contributed by atoms with Gasteiger partial charge in [0.05, 0.1) is 18.0 Å². The van der Waals surface area contributed by atoms with Gasteiger partial charge in [0.2, 0.25) is 0 Å². The van der Waals surface area contributed by atoms with E-state index in [0.717, 1.165) is 17.1 Å². The molecule has 0 aliphatic heterocycles. The third-order valence-electron chi connectivity index (χ3n) is 2.92. The number of aliphatic hydroxyl groups excluding tert-OH is 1. The zero-order valence-corrected chi connectivity index (χ0v) is 13.0. The molecule has 0 aliphatic rings. The summed E-state index contributed by atoms with van der Waals surface area (Å²) in [6.07, 6.45) is 1.41. The number of hydrogen-bond donors (Lipinski definition) is 2. The van der Waals surface area contributed by atoms with Crippen LogP contribution < -0.4 is 10.9 Å². The van der Waals surface area contributed by atoms with Crippen molar-refractivity contribution in [1.82, 2.24) is 9.78 Å².